The molecule has 1 heterocycles. The Morgan fingerprint density at radius 3 is 1.93 bits per heavy atom. The van der Waals surface area contributed by atoms with Gasteiger partial charge in [0.25, 0.3) is 15.9 Å². The number of hydrogen-bond acceptors (Lipinski definition) is 4. The van der Waals surface area contributed by atoms with Gasteiger partial charge in [-0.25, -0.2) is 8.42 Å². The van der Waals surface area contributed by atoms with Gasteiger partial charge in [0.05, 0.1) is 19.2 Å². The van der Waals surface area contributed by atoms with Crippen LogP contribution in [0.1, 0.15) is 20.8 Å². The van der Waals surface area contributed by atoms with Crippen molar-refractivity contribution in [1.29, 1.82) is 0 Å². The zero-order chi connectivity index (χ0) is 19.8. The third-order valence-corrected chi connectivity index (χ3v) is 8.84. The molecule has 1 amide bonds. The second-order valence-corrected chi connectivity index (χ2v) is 11.0. The lowest BCUT2D eigenvalue weighted by molar-refractivity contribution is 0.101. The summed E-state index contributed by atoms with van der Waals surface area (Å²) in [4.78, 5) is 13.6. The van der Waals surface area contributed by atoms with E-state index in [9.17, 15) is 13.2 Å². The Bertz CT molecular complexity index is 1070. The average Bonchev–Trinajstić information content (AvgIpc) is 2.96. The molecule has 0 spiro atoms. The maximum absolute atomic E-state index is 13.3. The SMILES string of the molecule is Cc1ccc(N(C(=O)c2cc(Br)c(Br)s2)S(=O)(=O)c2ccc(C)cc2)cc1. The van der Waals surface area contributed by atoms with Gasteiger partial charge in [-0.2, -0.15) is 4.31 Å². The number of sulfonamides is 1. The summed E-state index contributed by atoms with van der Waals surface area (Å²) in [5, 5.41) is 0. The van der Waals surface area contributed by atoms with E-state index < -0.39 is 15.9 Å². The van der Waals surface area contributed by atoms with E-state index in [0.717, 1.165) is 19.2 Å². The zero-order valence-corrected chi connectivity index (χ0v) is 19.2. The Morgan fingerprint density at radius 2 is 1.44 bits per heavy atom. The van der Waals surface area contributed by atoms with Crippen LogP contribution in [-0.2, 0) is 10.0 Å². The lowest BCUT2D eigenvalue weighted by Gasteiger charge is -2.22. The van der Waals surface area contributed by atoms with Crippen molar-refractivity contribution in [2.75, 3.05) is 4.31 Å². The summed E-state index contributed by atoms with van der Waals surface area (Å²) in [6.45, 7) is 3.78. The van der Waals surface area contributed by atoms with Crippen LogP contribution >= 0.6 is 43.2 Å². The van der Waals surface area contributed by atoms with E-state index in [4.69, 9.17) is 0 Å². The number of carbonyl (C=O) groups excluding carboxylic acids is 1. The Hall–Kier alpha value is -1.48. The number of benzene rings is 2. The van der Waals surface area contributed by atoms with Gasteiger partial charge >= 0.3 is 0 Å². The quantitative estimate of drug-likeness (QED) is 0.422. The van der Waals surface area contributed by atoms with Crippen LogP contribution in [0.2, 0.25) is 0 Å². The van der Waals surface area contributed by atoms with E-state index in [1.165, 1.54) is 23.5 Å². The fraction of sp³-hybridized carbons (Fsp3) is 0.105. The molecule has 0 saturated carbocycles. The summed E-state index contributed by atoms with van der Waals surface area (Å²) in [5.74, 6) is -0.601. The summed E-state index contributed by atoms with van der Waals surface area (Å²) in [6, 6.07) is 14.9. The number of carbonyl (C=O) groups is 1. The van der Waals surface area contributed by atoms with Crippen LogP contribution < -0.4 is 4.31 Å². The average molecular weight is 529 g/mol. The number of amides is 1. The minimum atomic E-state index is -4.07. The van der Waals surface area contributed by atoms with Crippen molar-refractivity contribution in [2.45, 2.75) is 18.7 Å². The third-order valence-electron chi connectivity index (χ3n) is 3.87. The molecule has 0 aliphatic heterocycles. The molecule has 0 N–H and O–H groups in total. The molecule has 1 aromatic heterocycles. The topological polar surface area (TPSA) is 54.5 Å². The highest BCUT2D eigenvalue weighted by Gasteiger charge is 2.33. The molecule has 140 valence electrons. The van der Waals surface area contributed by atoms with Crippen LogP contribution in [0.15, 0.2) is 67.8 Å². The van der Waals surface area contributed by atoms with Gasteiger partial charge in [0.1, 0.15) is 0 Å². The maximum Gasteiger partial charge on any atom is 0.282 e. The van der Waals surface area contributed by atoms with Gasteiger partial charge in [-0.05, 0) is 76.0 Å². The largest absolute Gasteiger partial charge is 0.282 e. The van der Waals surface area contributed by atoms with Crippen molar-refractivity contribution in [1.82, 2.24) is 0 Å². The summed E-state index contributed by atoms with van der Waals surface area (Å²) in [6.07, 6.45) is 0. The van der Waals surface area contributed by atoms with Gasteiger partial charge < -0.3 is 0 Å². The van der Waals surface area contributed by atoms with Gasteiger partial charge in [-0.3, -0.25) is 4.79 Å². The molecular weight excluding hydrogens is 514 g/mol. The molecule has 0 fully saturated rings. The lowest BCUT2D eigenvalue weighted by Crippen LogP contribution is -2.36. The van der Waals surface area contributed by atoms with Crippen molar-refractivity contribution in [3.05, 3.63) is 78.9 Å². The first-order chi connectivity index (χ1) is 12.7. The minimum absolute atomic E-state index is 0.0664. The van der Waals surface area contributed by atoms with E-state index in [2.05, 4.69) is 31.9 Å². The van der Waals surface area contributed by atoms with Crippen molar-refractivity contribution in [3.8, 4) is 0 Å². The number of hydrogen-bond donors (Lipinski definition) is 0. The summed E-state index contributed by atoms with van der Waals surface area (Å²) >= 11 is 7.88. The Kier molecular flexibility index (Phi) is 5.90. The lowest BCUT2D eigenvalue weighted by atomic mass is 10.2. The molecular formula is C19H15Br2NO3S2. The number of aryl methyl sites for hydroxylation is 2. The van der Waals surface area contributed by atoms with Crippen molar-refractivity contribution in [3.63, 3.8) is 0 Å². The van der Waals surface area contributed by atoms with Crippen LogP contribution in [0.4, 0.5) is 5.69 Å². The fourth-order valence-electron chi connectivity index (χ4n) is 2.41. The molecule has 0 unspecified atom stereocenters. The molecule has 2 aromatic carbocycles. The highest BCUT2D eigenvalue weighted by Crippen LogP contribution is 2.35. The second-order valence-electron chi connectivity index (χ2n) is 5.96. The first-order valence-corrected chi connectivity index (χ1v) is 11.7. The molecule has 0 aliphatic rings. The number of thiophene rings is 1. The van der Waals surface area contributed by atoms with Crippen LogP contribution in [0, 0.1) is 13.8 Å². The Morgan fingerprint density at radius 1 is 0.926 bits per heavy atom. The highest BCUT2D eigenvalue weighted by atomic mass is 79.9. The molecule has 0 saturated heterocycles. The number of anilines is 1. The first-order valence-electron chi connectivity index (χ1n) is 7.88. The zero-order valence-electron chi connectivity index (χ0n) is 14.4. The standard InChI is InChI=1S/C19H15Br2NO3S2/c1-12-3-7-14(8-4-12)22(19(23)17-11-16(20)18(21)26-17)27(24,25)15-9-5-13(2)6-10-15/h3-11H,1-2H3. The molecule has 27 heavy (non-hydrogen) atoms. The Balaban J connectivity index is 2.16. The molecule has 3 aromatic rings. The van der Waals surface area contributed by atoms with Gasteiger partial charge in [-0.1, -0.05) is 35.4 Å². The predicted molar refractivity (Wildman–Crippen MR) is 116 cm³/mol. The fourth-order valence-corrected chi connectivity index (χ4v) is 5.84. The van der Waals surface area contributed by atoms with Crippen molar-refractivity contribution >= 4 is 64.8 Å². The number of rotatable bonds is 4. The normalized spacial score (nSPS) is 11.4. The molecule has 0 bridgehead atoms. The van der Waals surface area contributed by atoms with E-state index in [1.54, 1.807) is 42.5 Å². The molecule has 0 radical (unpaired) electrons. The van der Waals surface area contributed by atoms with Gasteiger partial charge in [-0.15, -0.1) is 11.3 Å². The maximum atomic E-state index is 13.3. The predicted octanol–water partition coefficient (Wildman–Crippen LogP) is 5.93. The van der Waals surface area contributed by atoms with E-state index in [-0.39, 0.29) is 4.90 Å². The molecule has 3 rings (SSSR count). The summed E-state index contributed by atoms with van der Waals surface area (Å²) in [5.41, 5.74) is 2.21. The van der Waals surface area contributed by atoms with Crippen molar-refractivity contribution < 1.29 is 13.2 Å². The molecule has 0 atom stereocenters. The smallest absolute Gasteiger partial charge is 0.267 e. The van der Waals surface area contributed by atoms with E-state index in [1.807, 2.05) is 13.8 Å². The van der Waals surface area contributed by atoms with Crippen molar-refractivity contribution in [2.24, 2.45) is 0 Å². The Labute approximate surface area is 179 Å². The number of nitrogens with zero attached hydrogens (tertiary/aromatic N) is 1. The second kappa shape index (κ2) is 7.87. The van der Waals surface area contributed by atoms with E-state index in [0.29, 0.717) is 15.0 Å². The van der Waals surface area contributed by atoms with Gasteiger partial charge in [0.2, 0.25) is 0 Å². The monoisotopic (exact) mass is 527 g/mol. The molecule has 4 nitrogen and oxygen atoms in total. The van der Waals surface area contributed by atoms with Gasteiger partial charge in [0.15, 0.2) is 0 Å². The number of halogens is 2. The van der Waals surface area contributed by atoms with Crippen LogP contribution in [0.3, 0.4) is 0 Å². The third kappa shape index (κ3) is 4.18. The van der Waals surface area contributed by atoms with Gasteiger partial charge in [0, 0.05) is 4.47 Å². The highest BCUT2D eigenvalue weighted by molar-refractivity contribution is 9.13. The molecule has 0 aliphatic carbocycles. The van der Waals surface area contributed by atoms with E-state index >= 15 is 0 Å². The summed E-state index contributed by atoms with van der Waals surface area (Å²) < 4.78 is 28.9. The van der Waals surface area contributed by atoms with Crippen LogP contribution in [-0.4, -0.2) is 14.3 Å². The minimum Gasteiger partial charge on any atom is -0.267 e. The molecule has 8 heteroatoms. The van der Waals surface area contributed by atoms with Crippen LogP contribution in [0.5, 0.6) is 0 Å². The van der Waals surface area contributed by atoms with Crippen LogP contribution in [0.25, 0.3) is 0 Å². The first kappa shape index (κ1) is 20.3. The summed E-state index contributed by atoms with van der Waals surface area (Å²) in [7, 11) is -4.07.